The number of aryl methyl sites for hydroxylation is 1. The second-order valence-electron chi connectivity index (χ2n) is 4.27. The van der Waals surface area contributed by atoms with Crippen LogP contribution in [0.2, 0.25) is 0 Å². The van der Waals surface area contributed by atoms with Crippen LogP contribution in [-0.4, -0.2) is 6.61 Å². The molecule has 0 atom stereocenters. The average molecular weight is 248 g/mol. The van der Waals surface area contributed by atoms with Crippen LogP contribution in [0, 0.1) is 18.8 Å². The minimum atomic E-state index is 0.420. The first-order valence-corrected chi connectivity index (χ1v) is 6.19. The molecule has 0 bridgehead atoms. The van der Waals surface area contributed by atoms with Crippen LogP contribution in [0.4, 0.5) is 0 Å². The highest BCUT2D eigenvalue weighted by Crippen LogP contribution is 2.09. The Labute approximate surface area is 114 Å². The van der Waals surface area contributed by atoms with Gasteiger partial charge < -0.3 is 4.74 Å². The van der Waals surface area contributed by atoms with E-state index in [2.05, 4.69) is 18.4 Å². The molecular formula is C18H16O. The first-order chi connectivity index (χ1) is 9.25. The number of ether oxygens (including phenoxy) is 1. The van der Waals surface area contributed by atoms with Crippen LogP contribution in [0.3, 0.4) is 0 Å². The molecule has 0 aliphatic rings. The minimum absolute atomic E-state index is 0.420. The summed E-state index contributed by atoms with van der Waals surface area (Å²) in [6.07, 6.45) is 0. The first-order valence-electron chi connectivity index (χ1n) is 6.19. The fraction of sp³-hybridized carbons (Fsp3) is 0.111. The van der Waals surface area contributed by atoms with Gasteiger partial charge in [0, 0.05) is 11.1 Å². The van der Waals surface area contributed by atoms with Crippen LogP contribution in [0.5, 0.6) is 5.75 Å². The number of rotatable bonds is 3. The van der Waals surface area contributed by atoms with Crippen molar-refractivity contribution in [2.24, 2.45) is 0 Å². The molecule has 1 nitrogen and oxygen atoms in total. The summed E-state index contributed by atoms with van der Waals surface area (Å²) < 4.78 is 5.58. The zero-order valence-corrected chi connectivity index (χ0v) is 11.0. The summed E-state index contributed by atoms with van der Waals surface area (Å²) in [6, 6.07) is 17.7. The van der Waals surface area contributed by atoms with Crippen LogP contribution in [0.25, 0.3) is 0 Å². The summed E-state index contributed by atoms with van der Waals surface area (Å²) in [7, 11) is 0. The van der Waals surface area contributed by atoms with E-state index in [1.165, 1.54) is 5.56 Å². The largest absolute Gasteiger partial charge is 0.488 e. The van der Waals surface area contributed by atoms with Crippen molar-refractivity contribution in [3.8, 4) is 17.6 Å². The standard InChI is InChI=1S/C18H16O/c1-15(14-19-18-10-4-3-5-11-18)12-13-17-9-7-6-8-16(17)2/h3-11H,1,14H2,2H3. The predicted molar refractivity (Wildman–Crippen MR) is 79.1 cm³/mol. The normalized spacial score (nSPS) is 9.32. The molecule has 0 radical (unpaired) electrons. The first kappa shape index (κ1) is 13.0. The molecule has 2 aromatic carbocycles. The Balaban J connectivity index is 1.94. The third-order valence-corrected chi connectivity index (χ3v) is 2.68. The molecule has 0 spiro atoms. The highest BCUT2D eigenvalue weighted by molar-refractivity contribution is 5.44. The van der Waals surface area contributed by atoms with E-state index in [0.717, 1.165) is 16.9 Å². The Morgan fingerprint density at radius 3 is 2.47 bits per heavy atom. The van der Waals surface area contributed by atoms with Gasteiger partial charge in [-0.2, -0.15) is 0 Å². The van der Waals surface area contributed by atoms with Crippen molar-refractivity contribution >= 4 is 0 Å². The lowest BCUT2D eigenvalue weighted by molar-refractivity contribution is 0.357. The molecule has 0 aliphatic heterocycles. The topological polar surface area (TPSA) is 9.23 Å². The van der Waals surface area contributed by atoms with Gasteiger partial charge in [0.15, 0.2) is 0 Å². The highest BCUT2D eigenvalue weighted by atomic mass is 16.5. The molecule has 0 aromatic heterocycles. The lowest BCUT2D eigenvalue weighted by Crippen LogP contribution is -1.98. The van der Waals surface area contributed by atoms with E-state index in [9.17, 15) is 0 Å². The third kappa shape index (κ3) is 4.04. The Morgan fingerprint density at radius 2 is 1.74 bits per heavy atom. The Bertz CT molecular complexity index is 615. The number of benzene rings is 2. The quantitative estimate of drug-likeness (QED) is 0.746. The molecule has 0 amide bonds. The van der Waals surface area contributed by atoms with Gasteiger partial charge in [0.2, 0.25) is 0 Å². The van der Waals surface area contributed by atoms with Crippen molar-refractivity contribution in [1.29, 1.82) is 0 Å². The van der Waals surface area contributed by atoms with Gasteiger partial charge in [0.05, 0.1) is 0 Å². The molecule has 0 aliphatic carbocycles. The molecular weight excluding hydrogens is 232 g/mol. The van der Waals surface area contributed by atoms with Gasteiger partial charge in [-0.1, -0.05) is 54.8 Å². The molecule has 2 rings (SSSR count). The van der Waals surface area contributed by atoms with Crippen molar-refractivity contribution in [2.75, 3.05) is 6.61 Å². The second-order valence-corrected chi connectivity index (χ2v) is 4.27. The summed E-state index contributed by atoms with van der Waals surface area (Å²) in [5.74, 6) is 6.99. The summed E-state index contributed by atoms with van der Waals surface area (Å²) >= 11 is 0. The monoisotopic (exact) mass is 248 g/mol. The predicted octanol–water partition coefficient (Wildman–Crippen LogP) is 3.98. The maximum absolute atomic E-state index is 5.58. The summed E-state index contributed by atoms with van der Waals surface area (Å²) in [5, 5.41) is 0. The smallest absolute Gasteiger partial charge is 0.120 e. The molecule has 0 heterocycles. The van der Waals surface area contributed by atoms with Gasteiger partial charge >= 0.3 is 0 Å². The SMILES string of the molecule is C=C(C#Cc1ccccc1C)COc1ccccc1. The zero-order valence-electron chi connectivity index (χ0n) is 11.0. The highest BCUT2D eigenvalue weighted by Gasteiger charge is 1.94. The van der Waals surface area contributed by atoms with Crippen molar-refractivity contribution in [3.63, 3.8) is 0 Å². The van der Waals surface area contributed by atoms with Crippen LogP contribution < -0.4 is 4.74 Å². The Hall–Kier alpha value is -2.46. The van der Waals surface area contributed by atoms with Gasteiger partial charge in [-0.05, 0) is 30.7 Å². The molecule has 2 aromatic rings. The minimum Gasteiger partial charge on any atom is -0.488 e. The summed E-state index contributed by atoms with van der Waals surface area (Å²) in [4.78, 5) is 0. The van der Waals surface area contributed by atoms with E-state index in [1.807, 2.05) is 61.5 Å². The zero-order chi connectivity index (χ0) is 13.5. The van der Waals surface area contributed by atoms with Crippen LogP contribution in [0.15, 0.2) is 66.7 Å². The van der Waals surface area contributed by atoms with E-state index in [0.29, 0.717) is 6.61 Å². The molecule has 0 unspecified atom stereocenters. The molecule has 0 saturated heterocycles. The van der Waals surface area contributed by atoms with Gasteiger partial charge in [-0.15, -0.1) is 0 Å². The number of hydrogen-bond acceptors (Lipinski definition) is 1. The van der Waals surface area contributed by atoms with Gasteiger partial charge in [-0.3, -0.25) is 0 Å². The Kier molecular flexibility index (Phi) is 4.42. The Morgan fingerprint density at radius 1 is 1.05 bits per heavy atom. The third-order valence-electron chi connectivity index (χ3n) is 2.68. The van der Waals surface area contributed by atoms with Crippen LogP contribution in [0.1, 0.15) is 11.1 Å². The average Bonchev–Trinajstić information content (AvgIpc) is 2.45. The molecule has 19 heavy (non-hydrogen) atoms. The fourth-order valence-corrected chi connectivity index (χ4v) is 1.59. The lowest BCUT2D eigenvalue weighted by Gasteiger charge is -2.03. The van der Waals surface area contributed by atoms with Gasteiger partial charge in [-0.25, -0.2) is 0 Å². The summed E-state index contributed by atoms with van der Waals surface area (Å²) in [5.41, 5.74) is 2.97. The van der Waals surface area contributed by atoms with E-state index in [1.54, 1.807) is 0 Å². The van der Waals surface area contributed by atoms with Crippen LogP contribution >= 0.6 is 0 Å². The van der Waals surface area contributed by atoms with Crippen molar-refractivity contribution < 1.29 is 4.74 Å². The van der Waals surface area contributed by atoms with E-state index >= 15 is 0 Å². The van der Waals surface area contributed by atoms with Crippen molar-refractivity contribution in [1.82, 2.24) is 0 Å². The molecule has 0 N–H and O–H groups in total. The van der Waals surface area contributed by atoms with Gasteiger partial charge in [0.25, 0.3) is 0 Å². The van der Waals surface area contributed by atoms with Crippen molar-refractivity contribution in [2.45, 2.75) is 6.92 Å². The lowest BCUT2D eigenvalue weighted by atomic mass is 10.1. The molecule has 0 fully saturated rings. The molecule has 94 valence electrons. The molecule has 0 saturated carbocycles. The maximum Gasteiger partial charge on any atom is 0.120 e. The van der Waals surface area contributed by atoms with E-state index < -0.39 is 0 Å². The van der Waals surface area contributed by atoms with Crippen LogP contribution in [-0.2, 0) is 0 Å². The molecule has 1 heteroatoms. The van der Waals surface area contributed by atoms with E-state index in [4.69, 9.17) is 4.74 Å². The number of hydrogen-bond donors (Lipinski definition) is 0. The summed E-state index contributed by atoms with van der Waals surface area (Å²) in [6.45, 7) is 6.38. The van der Waals surface area contributed by atoms with Gasteiger partial charge in [0.1, 0.15) is 12.4 Å². The second kappa shape index (κ2) is 6.47. The van der Waals surface area contributed by atoms with E-state index in [-0.39, 0.29) is 0 Å². The van der Waals surface area contributed by atoms with Crippen molar-refractivity contribution in [3.05, 3.63) is 77.9 Å². The number of para-hydroxylation sites is 1. The maximum atomic E-state index is 5.58. The fourth-order valence-electron chi connectivity index (χ4n) is 1.59.